The summed E-state index contributed by atoms with van der Waals surface area (Å²) in [4.78, 5) is 35.1. The van der Waals surface area contributed by atoms with Crippen LogP contribution in [0.1, 0.15) is 5.69 Å². The zero-order chi connectivity index (χ0) is 19.8. The van der Waals surface area contributed by atoms with E-state index >= 15 is 0 Å². The lowest BCUT2D eigenvalue weighted by Gasteiger charge is -2.15. The number of amides is 1. The number of nitrogens with zero attached hydrogens (tertiary/aromatic N) is 2. The van der Waals surface area contributed by atoms with Gasteiger partial charge in [-0.2, -0.15) is 13.2 Å². The molecule has 1 amide bonds. The Labute approximate surface area is 147 Å². The van der Waals surface area contributed by atoms with Crippen LogP contribution in [0.15, 0.2) is 27.8 Å². The monoisotopic (exact) mass is 394 g/mol. The number of aromatic nitrogens is 2. The molecule has 140 valence electrons. The Kier molecular flexibility index (Phi) is 5.12. The highest BCUT2D eigenvalue weighted by atomic mass is 35.5. The summed E-state index contributed by atoms with van der Waals surface area (Å²) in [5, 5.41) is 2.27. The smallest absolute Gasteiger partial charge is 0.375 e. The fourth-order valence-electron chi connectivity index (χ4n) is 2.15. The highest BCUT2D eigenvalue weighted by molar-refractivity contribution is 6.33. The lowest BCUT2D eigenvalue weighted by molar-refractivity contribution is -0.144. The number of anilines is 1. The van der Waals surface area contributed by atoms with Crippen molar-refractivity contribution in [1.82, 2.24) is 9.13 Å². The molecule has 1 heterocycles. The number of hydrogen-bond donors (Lipinski definition) is 2. The summed E-state index contributed by atoms with van der Waals surface area (Å²) in [6.07, 6.45) is -4.95. The van der Waals surface area contributed by atoms with Crippen LogP contribution in [0, 0.1) is 5.82 Å². The van der Waals surface area contributed by atoms with Crippen molar-refractivity contribution in [3.63, 3.8) is 0 Å². The maximum absolute atomic E-state index is 14.2. The largest absolute Gasteiger partial charge is 0.431 e. The number of rotatable bonds is 4. The van der Waals surface area contributed by atoms with E-state index in [2.05, 4.69) is 5.32 Å². The minimum atomic E-state index is -4.95. The van der Waals surface area contributed by atoms with Crippen molar-refractivity contribution in [2.24, 2.45) is 12.8 Å². The van der Waals surface area contributed by atoms with Gasteiger partial charge in [0.15, 0.2) is 0 Å². The Morgan fingerprint density at radius 2 is 1.88 bits per heavy atom. The van der Waals surface area contributed by atoms with Crippen LogP contribution in [0.3, 0.4) is 0 Å². The average molecular weight is 395 g/mol. The molecule has 0 saturated heterocycles. The Hall–Kier alpha value is -2.82. The number of nitrogens with two attached hydrogens (primary N) is 1. The van der Waals surface area contributed by atoms with Gasteiger partial charge in [0.1, 0.15) is 11.5 Å². The number of carbonyl (C=O) groups excluding carboxylic acids is 1. The second-order valence-electron chi connectivity index (χ2n) is 5.15. The molecule has 7 nitrogen and oxygen atoms in total. The maximum Gasteiger partial charge on any atom is 0.431 e. The first-order chi connectivity index (χ1) is 11.9. The first-order valence-electron chi connectivity index (χ1n) is 6.85. The number of halogens is 5. The van der Waals surface area contributed by atoms with E-state index in [1.165, 1.54) is 0 Å². The Bertz CT molecular complexity index is 997. The SMILES string of the molecule is Cn1c(C(F)(F)F)cc(=O)n(-c2cc(NCC(N)=O)c(Cl)cc2F)c1=O. The summed E-state index contributed by atoms with van der Waals surface area (Å²) in [6.45, 7) is -0.384. The molecule has 0 fully saturated rings. The number of hydrogen-bond acceptors (Lipinski definition) is 4. The van der Waals surface area contributed by atoms with Gasteiger partial charge in [-0.25, -0.2) is 13.8 Å². The zero-order valence-electron chi connectivity index (χ0n) is 13.0. The van der Waals surface area contributed by atoms with Crippen LogP contribution in [0.5, 0.6) is 0 Å². The normalized spacial score (nSPS) is 11.5. The number of nitrogens with one attached hydrogen (secondary N) is 1. The molecule has 1 aromatic carbocycles. The van der Waals surface area contributed by atoms with Crippen LogP contribution in [-0.4, -0.2) is 21.6 Å². The second kappa shape index (κ2) is 6.83. The molecule has 3 N–H and O–H groups in total. The van der Waals surface area contributed by atoms with Gasteiger partial charge in [0.05, 0.1) is 22.9 Å². The van der Waals surface area contributed by atoms with Crippen molar-refractivity contribution in [1.29, 1.82) is 0 Å². The van der Waals surface area contributed by atoms with E-state index in [1.807, 2.05) is 0 Å². The molecule has 0 aliphatic rings. The molecule has 2 aromatic rings. The third-order valence-electron chi connectivity index (χ3n) is 3.34. The first kappa shape index (κ1) is 19.5. The van der Waals surface area contributed by atoms with Gasteiger partial charge in [-0.1, -0.05) is 11.6 Å². The third-order valence-corrected chi connectivity index (χ3v) is 3.65. The van der Waals surface area contributed by atoms with E-state index in [9.17, 15) is 31.9 Å². The molecule has 12 heteroatoms. The maximum atomic E-state index is 14.2. The van der Waals surface area contributed by atoms with Gasteiger partial charge in [0, 0.05) is 13.1 Å². The summed E-state index contributed by atoms with van der Waals surface area (Å²) in [6, 6.07) is 1.83. The highest BCUT2D eigenvalue weighted by Crippen LogP contribution is 2.28. The molecule has 0 saturated carbocycles. The molecule has 0 aliphatic carbocycles. The molecule has 2 rings (SSSR count). The minimum absolute atomic E-state index is 0.0456. The standard InChI is InChI=1S/C14H11ClF4N4O3/c1-22-10(14(17,18)19)4-12(25)23(13(22)26)9-3-8(21-5-11(20)24)6(15)2-7(9)16/h2-4,21H,5H2,1H3,(H2,20,24). The number of primary amides is 1. The lowest BCUT2D eigenvalue weighted by atomic mass is 10.2. The fourth-order valence-corrected chi connectivity index (χ4v) is 2.36. The van der Waals surface area contributed by atoms with Crippen LogP contribution in [0.4, 0.5) is 23.2 Å². The molecule has 26 heavy (non-hydrogen) atoms. The van der Waals surface area contributed by atoms with Crippen molar-refractivity contribution in [2.75, 3.05) is 11.9 Å². The van der Waals surface area contributed by atoms with Crippen LogP contribution < -0.4 is 22.3 Å². The molecule has 0 atom stereocenters. The average Bonchev–Trinajstić information content (AvgIpc) is 2.50. The summed E-state index contributed by atoms with van der Waals surface area (Å²) >= 11 is 5.79. The first-order valence-corrected chi connectivity index (χ1v) is 7.23. The molecule has 0 unspecified atom stereocenters. The second-order valence-corrected chi connectivity index (χ2v) is 5.55. The Balaban J connectivity index is 2.71. The molecule has 1 aromatic heterocycles. The van der Waals surface area contributed by atoms with Crippen molar-refractivity contribution in [3.8, 4) is 5.69 Å². The Morgan fingerprint density at radius 1 is 1.27 bits per heavy atom. The van der Waals surface area contributed by atoms with E-state index in [1.54, 1.807) is 0 Å². The summed E-state index contributed by atoms with van der Waals surface area (Å²) in [7, 11) is 0.793. The summed E-state index contributed by atoms with van der Waals surface area (Å²) < 4.78 is 53.2. The minimum Gasteiger partial charge on any atom is -0.375 e. The lowest BCUT2D eigenvalue weighted by Crippen LogP contribution is -2.41. The zero-order valence-corrected chi connectivity index (χ0v) is 13.8. The van der Waals surface area contributed by atoms with Gasteiger partial charge in [0.2, 0.25) is 5.91 Å². The predicted molar refractivity (Wildman–Crippen MR) is 84.9 cm³/mol. The Morgan fingerprint density at radius 3 is 2.42 bits per heavy atom. The highest BCUT2D eigenvalue weighted by Gasteiger charge is 2.35. The van der Waals surface area contributed by atoms with Crippen LogP contribution in [0.2, 0.25) is 5.02 Å². The van der Waals surface area contributed by atoms with Gasteiger partial charge in [0.25, 0.3) is 5.56 Å². The van der Waals surface area contributed by atoms with Crippen molar-refractivity contribution in [3.05, 3.63) is 55.6 Å². The van der Waals surface area contributed by atoms with E-state index in [0.717, 1.165) is 19.2 Å². The van der Waals surface area contributed by atoms with Crippen molar-refractivity contribution < 1.29 is 22.4 Å². The van der Waals surface area contributed by atoms with Crippen LogP contribution in [-0.2, 0) is 18.0 Å². The number of carbonyl (C=O) groups is 1. The number of benzene rings is 1. The summed E-state index contributed by atoms with van der Waals surface area (Å²) in [5.41, 5.74) is -0.000787. The van der Waals surface area contributed by atoms with Crippen molar-refractivity contribution >= 4 is 23.2 Å². The van der Waals surface area contributed by atoms with E-state index < -0.39 is 40.5 Å². The van der Waals surface area contributed by atoms with Gasteiger partial charge >= 0.3 is 11.9 Å². The number of alkyl halides is 3. The van der Waals surface area contributed by atoms with E-state index in [4.69, 9.17) is 17.3 Å². The van der Waals surface area contributed by atoms with Crippen LogP contribution >= 0.6 is 11.6 Å². The molecule has 0 spiro atoms. The topological polar surface area (TPSA) is 99.1 Å². The summed E-state index contributed by atoms with van der Waals surface area (Å²) in [5.74, 6) is -1.90. The molecular weight excluding hydrogens is 384 g/mol. The van der Waals surface area contributed by atoms with Crippen LogP contribution in [0.25, 0.3) is 5.69 Å². The van der Waals surface area contributed by atoms with Gasteiger partial charge in [-0.3, -0.25) is 14.2 Å². The molecule has 0 bridgehead atoms. The van der Waals surface area contributed by atoms with E-state index in [0.29, 0.717) is 0 Å². The van der Waals surface area contributed by atoms with Gasteiger partial charge in [-0.15, -0.1) is 0 Å². The van der Waals surface area contributed by atoms with E-state index in [-0.39, 0.29) is 32.5 Å². The molecule has 0 radical (unpaired) electrons. The van der Waals surface area contributed by atoms with Gasteiger partial charge in [-0.05, 0) is 12.1 Å². The fraction of sp³-hybridized carbons (Fsp3) is 0.214. The predicted octanol–water partition coefficient (Wildman–Crippen LogP) is 1.24. The molecule has 0 aliphatic heterocycles. The third kappa shape index (κ3) is 3.72. The van der Waals surface area contributed by atoms with Gasteiger partial charge < -0.3 is 11.1 Å². The molecular formula is C14H11ClF4N4O3. The van der Waals surface area contributed by atoms with Crippen molar-refractivity contribution in [2.45, 2.75) is 6.18 Å². The quantitative estimate of drug-likeness (QED) is 0.762.